The van der Waals surface area contributed by atoms with E-state index in [-0.39, 0.29) is 0 Å². The molecule has 8 heteroatoms. The van der Waals surface area contributed by atoms with Crippen molar-refractivity contribution >= 4 is 76.7 Å². The van der Waals surface area contributed by atoms with E-state index in [1.807, 2.05) is 0 Å². The minimum absolute atomic E-state index is 0.501. The molecule has 0 unspecified atom stereocenters. The summed E-state index contributed by atoms with van der Waals surface area (Å²) in [6.07, 6.45) is 0. The third kappa shape index (κ3) is 8.52. The first-order valence-corrected chi connectivity index (χ1v) is 43.0. The van der Waals surface area contributed by atoms with Crippen LogP contribution < -0.4 is 0 Å². The summed E-state index contributed by atoms with van der Waals surface area (Å²) >= 11 is -0.501. The Kier molecular flexibility index (Phi) is 11.4. The molecule has 213 valence electrons. The van der Waals surface area contributed by atoms with Gasteiger partial charge in [-0.3, -0.25) is 0 Å². The van der Waals surface area contributed by atoms with Gasteiger partial charge in [0.1, 0.15) is 0 Å². The molecule has 0 saturated carbocycles. The van der Waals surface area contributed by atoms with Gasteiger partial charge in [-0.25, -0.2) is 0 Å². The molecular formula is C31H57GeSi7. The molecule has 0 amide bonds. The molecule has 0 aromatic heterocycles. The van der Waals surface area contributed by atoms with Gasteiger partial charge in [-0.05, 0) is 0 Å². The molecule has 0 saturated heterocycles. The Balaban J connectivity index is 2.99. The van der Waals surface area contributed by atoms with Crippen LogP contribution in [0.4, 0.5) is 0 Å². The fraction of sp³-hybridized carbons (Fsp3) is 0.484. The minimum atomic E-state index is -1.64. The number of hydrogen-bond acceptors (Lipinski definition) is 0. The fourth-order valence-corrected chi connectivity index (χ4v) is 146. The zero-order valence-corrected chi connectivity index (χ0v) is 37.0. The van der Waals surface area contributed by atoms with Crippen molar-refractivity contribution in [2.45, 2.75) is 98.2 Å². The molecule has 0 aliphatic heterocycles. The van der Waals surface area contributed by atoms with Crippen LogP contribution in [0.15, 0.2) is 72.1 Å². The summed E-state index contributed by atoms with van der Waals surface area (Å²) in [5, 5.41) is 0. The van der Waals surface area contributed by atoms with Crippen molar-refractivity contribution in [2.24, 2.45) is 0 Å². The van der Waals surface area contributed by atoms with E-state index in [9.17, 15) is 0 Å². The van der Waals surface area contributed by atoms with Crippen LogP contribution in [0, 0.1) is 0 Å². The number of rotatable bonds is 11. The SMILES string of the molecule is C[Si](C)(C)[Si](/C=[C](\[Ge][C](=C[Si]([Si](C)(C)C)([Si](C)(C)C)[Si](C)(C)C)c1ccccc1)c1ccccc1)[Si](C)(C)C. The van der Waals surface area contributed by atoms with E-state index in [1.54, 1.807) is 8.81 Å². The first-order chi connectivity index (χ1) is 17.5. The van der Waals surface area contributed by atoms with Crippen LogP contribution in [0.1, 0.15) is 11.1 Å². The summed E-state index contributed by atoms with van der Waals surface area (Å²) in [5.74, 6) is 0. The predicted octanol–water partition coefficient (Wildman–Crippen LogP) is 9.88. The maximum atomic E-state index is 3.11. The normalized spacial score (nSPS) is 15.2. The first-order valence-electron chi connectivity index (χ1n) is 14.7. The third-order valence-corrected chi connectivity index (χ3v) is 111. The van der Waals surface area contributed by atoms with E-state index >= 15 is 0 Å². The van der Waals surface area contributed by atoms with Gasteiger partial charge in [0.25, 0.3) is 0 Å². The van der Waals surface area contributed by atoms with Crippen LogP contribution in [0.25, 0.3) is 8.81 Å². The van der Waals surface area contributed by atoms with Crippen molar-refractivity contribution < 1.29 is 0 Å². The molecule has 2 aromatic rings. The van der Waals surface area contributed by atoms with E-state index in [2.05, 4.69) is 170 Å². The van der Waals surface area contributed by atoms with E-state index in [1.165, 1.54) is 11.1 Å². The van der Waals surface area contributed by atoms with Crippen LogP contribution >= 0.6 is 0 Å². The second-order valence-electron chi connectivity index (χ2n) is 16.4. The number of hydrogen-bond donors (Lipinski definition) is 0. The second kappa shape index (κ2) is 12.7. The summed E-state index contributed by atoms with van der Waals surface area (Å²) in [5.41, 5.74) is 9.07. The molecule has 0 aliphatic carbocycles. The van der Waals surface area contributed by atoms with Gasteiger partial charge in [-0.15, -0.1) is 0 Å². The summed E-state index contributed by atoms with van der Waals surface area (Å²) in [6, 6.07) is 23.2. The maximum absolute atomic E-state index is 3.11. The Labute approximate surface area is 256 Å². The van der Waals surface area contributed by atoms with Gasteiger partial charge in [0.15, 0.2) is 0 Å². The molecule has 0 spiro atoms. The average Bonchev–Trinajstić information content (AvgIpc) is 2.75. The molecule has 2 aromatic carbocycles. The molecule has 0 N–H and O–H groups in total. The van der Waals surface area contributed by atoms with Crippen LogP contribution in [0.2, 0.25) is 98.2 Å². The van der Waals surface area contributed by atoms with E-state index in [0.29, 0.717) is 0 Å². The summed E-state index contributed by atoms with van der Waals surface area (Å²) < 4.78 is 3.49. The Morgan fingerprint density at radius 2 is 0.846 bits per heavy atom. The van der Waals surface area contributed by atoms with E-state index in [4.69, 9.17) is 0 Å². The molecule has 2 rings (SSSR count). The molecule has 0 heterocycles. The number of benzene rings is 2. The van der Waals surface area contributed by atoms with Crippen molar-refractivity contribution in [3.8, 4) is 0 Å². The molecule has 3 radical (unpaired) electrons. The van der Waals surface area contributed by atoms with Crippen molar-refractivity contribution in [3.05, 3.63) is 83.2 Å². The average molecular weight is 699 g/mol. The quantitative estimate of drug-likeness (QED) is 0.205. The van der Waals surface area contributed by atoms with Gasteiger partial charge < -0.3 is 0 Å². The summed E-state index contributed by atoms with van der Waals surface area (Å²) in [4.78, 5) is 0. The summed E-state index contributed by atoms with van der Waals surface area (Å²) in [7, 11) is -7.31. The van der Waals surface area contributed by atoms with Gasteiger partial charge in [0.05, 0.1) is 0 Å². The molecule has 0 fully saturated rings. The Morgan fingerprint density at radius 1 is 0.513 bits per heavy atom. The third-order valence-electron chi connectivity index (χ3n) is 8.25. The molecule has 0 aliphatic rings. The van der Waals surface area contributed by atoms with Gasteiger partial charge >= 0.3 is 258 Å². The molecule has 0 bridgehead atoms. The zero-order valence-electron chi connectivity index (χ0n) is 27.9. The van der Waals surface area contributed by atoms with Crippen LogP contribution in [-0.4, -0.2) is 67.8 Å². The van der Waals surface area contributed by atoms with Crippen molar-refractivity contribution in [1.29, 1.82) is 0 Å². The Hall–Kier alpha value is -0.0190. The van der Waals surface area contributed by atoms with E-state index < -0.39 is 67.8 Å². The van der Waals surface area contributed by atoms with Gasteiger partial charge in [-0.1, -0.05) is 0 Å². The van der Waals surface area contributed by atoms with Crippen LogP contribution in [0.3, 0.4) is 0 Å². The van der Waals surface area contributed by atoms with Crippen molar-refractivity contribution in [1.82, 2.24) is 0 Å². The zero-order chi connectivity index (χ0) is 30.1. The summed E-state index contributed by atoms with van der Waals surface area (Å²) in [6.45, 7) is 38.9. The second-order valence-corrected chi connectivity index (χ2v) is 83.6. The van der Waals surface area contributed by atoms with Crippen LogP contribution in [-0.2, 0) is 0 Å². The van der Waals surface area contributed by atoms with Crippen LogP contribution in [0.5, 0.6) is 0 Å². The van der Waals surface area contributed by atoms with Crippen molar-refractivity contribution in [2.75, 3.05) is 0 Å². The van der Waals surface area contributed by atoms with Gasteiger partial charge in [0, 0.05) is 0 Å². The topological polar surface area (TPSA) is 0 Å². The Bertz CT molecular complexity index is 1090. The van der Waals surface area contributed by atoms with Gasteiger partial charge in [-0.2, -0.15) is 0 Å². The first kappa shape index (κ1) is 35.2. The van der Waals surface area contributed by atoms with E-state index in [0.717, 1.165) is 0 Å². The van der Waals surface area contributed by atoms with Gasteiger partial charge in [0.2, 0.25) is 0 Å². The molecule has 0 nitrogen and oxygen atoms in total. The standard InChI is InChI=1S/C31H57GeSi7/c1-34(2,3)33(35(4,5)6)26-30(28-22-18-16-19-23-28)32-31(29-24-20-17-21-25-29)27-39(36(7,8)9,37(10,11)12)38(13,14)15/h16-27H,1-15H3/b30-26-,31-27?. The molecule has 39 heavy (non-hydrogen) atoms. The Morgan fingerprint density at radius 3 is 1.15 bits per heavy atom. The molecule has 0 atom stereocenters. The van der Waals surface area contributed by atoms with Crippen molar-refractivity contribution in [3.63, 3.8) is 0 Å². The fourth-order valence-electron chi connectivity index (χ4n) is 7.71. The molecular weight excluding hydrogens is 642 g/mol. The predicted molar refractivity (Wildman–Crippen MR) is 203 cm³/mol. The monoisotopic (exact) mass is 699 g/mol.